The number of benzene rings is 3. The molecule has 0 aliphatic rings. The molecule has 28 heavy (non-hydrogen) atoms. The van der Waals surface area contributed by atoms with E-state index in [4.69, 9.17) is 8.83 Å². The smallest absolute Gasteiger partial charge is 0.347 e. The summed E-state index contributed by atoms with van der Waals surface area (Å²) in [5, 5.41) is 2.42. The van der Waals surface area contributed by atoms with Crippen LogP contribution in [-0.2, 0) is 0 Å². The Labute approximate surface area is 158 Å². The van der Waals surface area contributed by atoms with Gasteiger partial charge in [-0.05, 0) is 41.1 Å². The highest BCUT2D eigenvalue weighted by Crippen LogP contribution is 2.24. The predicted octanol–water partition coefficient (Wildman–Crippen LogP) is 4.83. The van der Waals surface area contributed by atoms with Crippen molar-refractivity contribution in [3.8, 4) is 11.7 Å². The second kappa shape index (κ2) is 6.32. The molecule has 0 saturated carbocycles. The number of ketones is 1. The molecule has 5 heteroatoms. The Morgan fingerprint density at radius 2 is 1.57 bits per heavy atom. The van der Waals surface area contributed by atoms with Crippen LogP contribution in [0.1, 0.15) is 16.1 Å². The van der Waals surface area contributed by atoms with Crippen LogP contribution in [0.2, 0.25) is 0 Å². The maximum atomic E-state index is 12.8. The van der Waals surface area contributed by atoms with Crippen LogP contribution in [0, 0.1) is 0 Å². The van der Waals surface area contributed by atoms with E-state index in [1.807, 2.05) is 36.4 Å². The first-order chi connectivity index (χ1) is 13.7. The highest BCUT2D eigenvalue weighted by Gasteiger charge is 2.17. The van der Waals surface area contributed by atoms with E-state index in [2.05, 4.69) is 4.98 Å². The second-order valence-corrected chi connectivity index (χ2v) is 6.38. The fourth-order valence-electron chi connectivity index (χ4n) is 3.17. The van der Waals surface area contributed by atoms with Crippen LogP contribution in [0.3, 0.4) is 0 Å². The Morgan fingerprint density at radius 3 is 2.46 bits per heavy atom. The summed E-state index contributed by atoms with van der Waals surface area (Å²) in [6, 6.07) is 23.3. The largest absolute Gasteiger partial charge is 0.448 e. The van der Waals surface area contributed by atoms with E-state index in [1.165, 1.54) is 0 Å². The molecule has 0 atom stereocenters. The van der Waals surface area contributed by atoms with Crippen molar-refractivity contribution in [1.29, 1.82) is 0 Å². The predicted molar refractivity (Wildman–Crippen MR) is 105 cm³/mol. The Hall–Kier alpha value is -3.99. The number of fused-ring (bicyclic) bond motifs is 2. The van der Waals surface area contributed by atoms with Crippen LogP contribution in [-0.4, -0.2) is 10.8 Å². The summed E-state index contributed by atoms with van der Waals surface area (Å²) in [5.41, 5.74) is 0.527. The van der Waals surface area contributed by atoms with Crippen LogP contribution >= 0.6 is 0 Å². The maximum Gasteiger partial charge on any atom is 0.347 e. The van der Waals surface area contributed by atoms with Crippen molar-refractivity contribution in [3.05, 3.63) is 101 Å². The fraction of sp³-hybridized carbons (Fsp3) is 0. The number of carbonyl (C=O) groups is 1. The lowest BCUT2D eigenvalue weighted by molar-refractivity contribution is 0.101. The van der Waals surface area contributed by atoms with E-state index >= 15 is 0 Å². The van der Waals surface area contributed by atoms with E-state index in [0.717, 1.165) is 10.8 Å². The molecule has 2 heterocycles. The Morgan fingerprint density at radius 1 is 0.786 bits per heavy atom. The van der Waals surface area contributed by atoms with E-state index in [0.29, 0.717) is 16.5 Å². The fourth-order valence-corrected chi connectivity index (χ4v) is 3.17. The van der Waals surface area contributed by atoms with Gasteiger partial charge >= 0.3 is 5.63 Å². The molecular weight excluding hydrogens is 354 g/mol. The zero-order valence-electron chi connectivity index (χ0n) is 14.6. The van der Waals surface area contributed by atoms with Gasteiger partial charge in [0.25, 0.3) is 5.89 Å². The van der Waals surface area contributed by atoms with Crippen molar-refractivity contribution in [1.82, 2.24) is 4.98 Å². The molecule has 0 amide bonds. The molecule has 134 valence electrons. The van der Waals surface area contributed by atoms with Crippen LogP contribution in [0.25, 0.3) is 33.3 Å². The van der Waals surface area contributed by atoms with Crippen molar-refractivity contribution in [2.24, 2.45) is 0 Å². The number of nitrogens with zero attached hydrogens (tertiary/aromatic N) is 1. The number of furan rings is 1. The molecule has 0 fully saturated rings. The van der Waals surface area contributed by atoms with Crippen LogP contribution in [0.4, 0.5) is 0 Å². The third kappa shape index (κ3) is 2.70. The van der Waals surface area contributed by atoms with Crippen molar-refractivity contribution in [2.45, 2.75) is 0 Å². The molecule has 5 aromatic rings. The molecule has 0 aliphatic carbocycles. The van der Waals surface area contributed by atoms with Gasteiger partial charge in [-0.2, -0.15) is 0 Å². The number of rotatable bonds is 3. The van der Waals surface area contributed by atoms with Crippen LogP contribution in [0.5, 0.6) is 0 Å². The van der Waals surface area contributed by atoms with Gasteiger partial charge in [-0.3, -0.25) is 4.79 Å². The first-order valence-electron chi connectivity index (χ1n) is 8.73. The van der Waals surface area contributed by atoms with Gasteiger partial charge in [0.1, 0.15) is 0 Å². The Bertz CT molecular complexity index is 1410. The monoisotopic (exact) mass is 367 g/mol. The molecular formula is C23H13NO4. The normalized spacial score (nSPS) is 11.1. The van der Waals surface area contributed by atoms with Crippen LogP contribution in [0.15, 0.2) is 92.5 Å². The van der Waals surface area contributed by atoms with Gasteiger partial charge in [0.15, 0.2) is 11.5 Å². The number of hydrogen-bond donors (Lipinski definition) is 0. The van der Waals surface area contributed by atoms with Crippen LogP contribution < -0.4 is 5.63 Å². The standard InChI is InChI=1S/C23H13NO4/c25-21(16-10-9-14-5-1-2-6-15(14)13-16)19-11-12-20(27-19)22-24-18-8-4-3-7-17(18)23(26)28-22/h1-13H. The Balaban J connectivity index is 1.53. The minimum absolute atomic E-state index is 0.0428. The molecule has 3 aromatic carbocycles. The van der Waals surface area contributed by atoms with E-state index in [1.54, 1.807) is 42.5 Å². The minimum atomic E-state index is -0.501. The SMILES string of the molecule is O=C(c1ccc2ccccc2c1)c1ccc(-c2nc3ccccc3c(=O)o2)o1. The molecule has 0 saturated heterocycles. The van der Waals surface area contributed by atoms with Crippen molar-refractivity contribution in [2.75, 3.05) is 0 Å². The first kappa shape index (κ1) is 16.2. The molecule has 0 spiro atoms. The van der Waals surface area contributed by atoms with Gasteiger partial charge < -0.3 is 8.83 Å². The summed E-state index contributed by atoms with van der Waals surface area (Å²) in [6.07, 6.45) is 0. The molecule has 0 unspecified atom stereocenters. The summed E-state index contributed by atoms with van der Waals surface area (Å²) >= 11 is 0. The molecule has 0 aliphatic heterocycles. The summed E-state index contributed by atoms with van der Waals surface area (Å²) in [7, 11) is 0. The Kier molecular flexibility index (Phi) is 3.66. The van der Waals surface area contributed by atoms with E-state index < -0.39 is 5.63 Å². The lowest BCUT2D eigenvalue weighted by Gasteiger charge is -2.02. The summed E-state index contributed by atoms with van der Waals surface area (Å²) in [4.78, 5) is 29.3. The lowest BCUT2D eigenvalue weighted by Crippen LogP contribution is -2.02. The molecule has 0 radical (unpaired) electrons. The van der Waals surface area contributed by atoms with Gasteiger partial charge in [0.2, 0.25) is 5.78 Å². The third-order valence-electron chi connectivity index (χ3n) is 4.59. The quantitative estimate of drug-likeness (QED) is 0.427. The topological polar surface area (TPSA) is 73.3 Å². The van der Waals surface area contributed by atoms with Gasteiger partial charge in [-0.15, -0.1) is 0 Å². The molecule has 5 rings (SSSR count). The van der Waals surface area contributed by atoms with E-state index in [-0.39, 0.29) is 23.2 Å². The van der Waals surface area contributed by atoms with Gasteiger partial charge in [-0.1, -0.05) is 48.5 Å². The number of para-hydroxylation sites is 1. The number of aromatic nitrogens is 1. The lowest BCUT2D eigenvalue weighted by atomic mass is 10.0. The molecule has 2 aromatic heterocycles. The van der Waals surface area contributed by atoms with Gasteiger partial charge in [-0.25, -0.2) is 9.78 Å². The summed E-state index contributed by atoms with van der Waals surface area (Å²) < 4.78 is 10.9. The zero-order chi connectivity index (χ0) is 19.1. The van der Waals surface area contributed by atoms with Gasteiger partial charge in [0, 0.05) is 5.56 Å². The van der Waals surface area contributed by atoms with Crippen molar-refractivity contribution < 1.29 is 13.6 Å². The number of hydrogen-bond acceptors (Lipinski definition) is 5. The molecule has 5 nitrogen and oxygen atoms in total. The molecule has 0 bridgehead atoms. The summed E-state index contributed by atoms with van der Waals surface area (Å²) in [5.74, 6) is 0.177. The second-order valence-electron chi connectivity index (χ2n) is 6.38. The third-order valence-corrected chi connectivity index (χ3v) is 4.59. The highest BCUT2D eigenvalue weighted by molar-refractivity contribution is 6.09. The maximum absolute atomic E-state index is 12.8. The van der Waals surface area contributed by atoms with Crippen molar-refractivity contribution >= 4 is 27.5 Å². The first-order valence-corrected chi connectivity index (χ1v) is 8.73. The number of carbonyl (C=O) groups excluding carboxylic acids is 1. The average molecular weight is 367 g/mol. The molecule has 0 N–H and O–H groups in total. The van der Waals surface area contributed by atoms with Crippen molar-refractivity contribution in [3.63, 3.8) is 0 Å². The average Bonchev–Trinajstić information content (AvgIpc) is 3.23. The summed E-state index contributed by atoms with van der Waals surface area (Å²) in [6.45, 7) is 0. The van der Waals surface area contributed by atoms with Gasteiger partial charge in [0.05, 0.1) is 10.9 Å². The highest BCUT2D eigenvalue weighted by atomic mass is 16.4. The van der Waals surface area contributed by atoms with E-state index in [9.17, 15) is 9.59 Å². The zero-order valence-corrected chi connectivity index (χ0v) is 14.6. The minimum Gasteiger partial charge on any atom is -0.448 e.